The average Bonchev–Trinajstić information content (AvgIpc) is 3.08. The molecule has 4 nitrogen and oxygen atoms in total. The molecule has 1 aromatic rings. The molecule has 5 heteroatoms. The molecule has 2 fully saturated rings. The summed E-state index contributed by atoms with van der Waals surface area (Å²) in [5, 5.41) is 3.42. The number of carbonyl (C=O) groups excluding carboxylic acids is 1. The van der Waals surface area contributed by atoms with Gasteiger partial charge in [-0.1, -0.05) is 31.2 Å². The van der Waals surface area contributed by atoms with Crippen LogP contribution in [-0.4, -0.2) is 43.7 Å². The van der Waals surface area contributed by atoms with Crippen LogP contribution in [0.2, 0.25) is 0 Å². The van der Waals surface area contributed by atoms with E-state index in [1.807, 2.05) is 0 Å². The van der Waals surface area contributed by atoms with E-state index in [1.165, 1.54) is 11.1 Å². The second kappa shape index (κ2) is 8.67. The minimum Gasteiger partial charge on any atom is -0.381 e. The Bertz CT molecular complexity index is 500. The summed E-state index contributed by atoms with van der Waals surface area (Å²) in [5.41, 5.74) is 2.58. The molecule has 2 saturated heterocycles. The zero-order valence-corrected chi connectivity index (χ0v) is 14.6. The number of rotatable bonds is 4. The van der Waals surface area contributed by atoms with Gasteiger partial charge in [-0.15, -0.1) is 12.4 Å². The number of nitrogens with zero attached hydrogens (tertiary/aromatic N) is 1. The van der Waals surface area contributed by atoms with Gasteiger partial charge in [-0.25, -0.2) is 0 Å². The van der Waals surface area contributed by atoms with Crippen molar-refractivity contribution >= 4 is 18.3 Å². The maximum absolute atomic E-state index is 12.7. The minimum atomic E-state index is 0. The number of amides is 1. The quantitative estimate of drug-likeness (QED) is 0.917. The number of carbonyl (C=O) groups is 1. The summed E-state index contributed by atoms with van der Waals surface area (Å²) in [6.07, 6.45) is 2.70. The minimum absolute atomic E-state index is 0. The lowest BCUT2D eigenvalue weighted by Gasteiger charge is -2.37. The second-order valence-corrected chi connectivity index (χ2v) is 6.34. The van der Waals surface area contributed by atoms with Crippen LogP contribution in [0.15, 0.2) is 24.3 Å². The molecule has 2 aliphatic heterocycles. The maximum Gasteiger partial charge on any atom is 0.223 e. The summed E-state index contributed by atoms with van der Waals surface area (Å²) < 4.78 is 5.40. The fourth-order valence-corrected chi connectivity index (χ4v) is 3.38. The third-order valence-corrected chi connectivity index (χ3v) is 4.82. The zero-order valence-electron chi connectivity index (χ0n) is 13.8. The molecule has 1 N–H and O–H groups in total. The molecule has 2 unspecified atom stereocenters. The van der Waals surface area contributed by atoms with E-state index in [0.717, 1.165) is 45.7 Å². The van der Waals surface area contributed by atoms with Gasteiger partial charge in [0.2, 0.25) is 5.91 Å². The highest BCUT2D eigenvalue weighted by Crippen LogP contribution is 2.26. The van der Waals surface area contributed by atoms with E-state index in [9.17, 15) is 4.79 Å². The Balaban J connectivity index is 0.00000192. The zero-order chi connectivity index (χ0) is 15.4. The van der Waals surface area contributed by atoms with Gasteiger partial charge in [0.1, 0.15) is 0 Å². The van der Waals surface area contributed by atoms with E-state index in [2.05, 4.69) is 41.4 Å². The Hall–Kier alpha value is -1.10. The first-order valence-electron chi connectivity index (χ1n) is 8.44. The SMILES string of the molecule is CCc1ccc(C2CNCCN2C(=O)CC2CCOC2)cc1.Cl. The maximum atomic E-state index is 12.7. The van der Waals surface area contributed by atoms with Crippen molar-refractivity contribution in [2.24, 2.45) is 5.92 Å². The van der Waals surface area contributed by atoms with Gasteiger partial charge in [-0.3, -0.25) is 4.79 Å². The molecule has 2 atom stereocenters. The molecule has 0 radical (unpaired) electrons. The largest absolute Gasteiger partial charge is 0.381 e. The summed E-state index contributed by atoms with van der Waals surface area (Å²) in [5.74, 6) is 0.687. The summed E-state index contributed by atoms with van der Waals surface area (Å²) >= 11 is 0. The molecule has 128 valence electrons. The highest BCUT2D eigenvalue weighted by atomic mass is 35.5. The molecule has 1 aromatic carbocycles. The number of ether oxygens (including phenoxy) is 1. The lowest BCUT2D eigenvalue weighted by molar-refractivity contribution is -0.135. The topological polar surface area (TPSA) is 41.6 Å². The van der Waals surface area contributed by atoms with Gasteiger partial charge in [0, 0.05) is 39.3 Å². The Morgan fingerprint density at radius 3 is 2.78 bits per heavy atom. The fraction of sp³-hybridized carbons (Fsp3) is 0.611. The van der Waals surface area contributed by atoms with Crippen molar-refractivity contribution in [1.82, 2.24) is 10.2 Å². The van der Waals surface area contributed by atoms with Gasteiger partial charge in [-0.05, 0) is 29.9 Å². The van der Waals surface area contributed by atoms with Crippen LogP contribution in [0.4, 0.5) is 0 Å². The summed E-state index contributed by atoms with van der Waals surface area (Å²) in [6.45, 7) is 6.24. The molecular weight excluding hydrogens is 312 g/mol. The predicted molar refractivity (Wildman–Crippen MR) is 93.9 cm³/mol. The molecule has 2 heterocycles. The first-order valence-corrected chi connectivity index (χ1v) is 8.44. The van der Waals surface area contributed by atoms with Crippen LogP contribution in [0.1, 0.15) is 36.9 Å². The van der Waals surface area contributed by atoms with E-state index in [-0.39, 0.29) is 24.4 Å². The van der Waals surface area contributed by atoms with Gasteiger partial charge in [0.25, 0.3) is 0 Å². The normalized spacial score (nSPS) is 24.3. The second-order valence-electron chi connectivity index (χ2n) is 6.34. The molecule has 0 aromatic heterocycles. The highest BCUT2D eigenvalue weighted by molar-refractivity contribution is 5.85. The van der Waals surface area contributed by atoms with Gasteiger partial charge in [0.05, 0.1) is 6.04 Å². The van der Waals surface area contributed by atoms with Crippen LogP contribution in [0.25, 0.3) is 0 Å². The van der Waals surface area contributed by atoms with Crippen molar-refractivity contribution < 1.29 is 9.53 Å². The molecule has 3 rings (SSSR count). The number of piperazine rings is 1. The van der Waals surface area contributed by atoms with E-state index < -0.39 is 0 Å². The smallest absolute Gasteiger partial charge is 0.223 e. The highest BCUT2D eigenvalue weighted by Gasteiger charge is 2.30. The van der Waals surface area contributed by atoms with Crippen LogP contribution in [0.3, 0.4) is 0 Å². The van der Waals surface area contributed by atoms with Crippen molar-refractivity contribution in [2.75, 3.05) is 32.8 Å². The molecule has 23 heavy (non-hydrogen) atoms. The van der Waals surface area contributed by atoms with Crippen LogP contribution in [0, 0.1) is 5.92 Å². The first-order chi connectivity index (χ1) is 10.8. The molecule has 1 amide bonds. The number of nitrogens with one attached hydrogen (secondary N) is 1. The number of aryl methyl sites for hydroxylation is 1. The van der Waals surface area contributed by atoms with Crippen molar-refractivity contribution in [3.63, 3.8) is 0 Å². The molecular formula is C18H27ClN2O2. The molecule has 2 aliphatic rings. The standard InChI is InChI=1S/C18H26N2O2.ClH/c1-2-14-3-5-16(6-4-14)17-12-19-8-9-20(17)18(21)11-15-7-10-22-13-15;/h3-6,15,17,19H,2,7-13H2,1H3;1H. The number of hydrogen-bond donors (Lipinski definition) is 1. The van der Waals surface area contributed by atoms with Crippen molar-refractivity contribution in [1.29, 1.82) is 0 Å². The lowest BCUT2D eigenvalue weighted by atomic mass is 9.98. The Kier molecular flexibility index (Phi) is 6.88. The van der Waals surface area contributed by atoms with E-state index in [0.29, 0.717) is 12.3 Å². The van der Waals surface area contributed by atoms with Crippen LogP contribution < -0.4 is 5.32 Å². The van der Waals surface area contributed by atoms with Crippen LogP contribution in [0.5, 0.6) is 0 Å². The third kappa shape index (κ3) is 4.46. The van der Waals surface area contributed by atoms with Gasteiger partial charge >= 0.3 is 0 Å². The molecule has 0 saturated carbocycles. The first kappa shape index (κ1) is 18.2. The van der Waals surface area contributed by atoms with E-state index >= 15 is 0 Å². The lowest BCUT2D eigenvalue weighted by Crippen LogP contribution is -2.49. The summed E-state index contributed by atoms with van der Waals surface area (Å²) in [4.78, 5) is 14.8. The Morgan fingerprint density at radius 1 is 1.35 bits per heavy atom. The van der Waals surface area contributed by atoms with Gasteiger partial charge in [0.15, 0.2) is 0 Å². The van der Waals surface area contributed by atoms with E-state index in [1.54, 1.807) is 0 Å². The van der Waals surface area contributed by atoms with E-state index in [4.69, 9.17) is 4.74 Å². The van der Waals surface area contributed by atoms with Crippen molar-refractivity contribution in [3.05, 3.63) is 35.4 Å². The monoisotopic (exact) mass is 338 g/mol. The van der Waals surface area contributed by atoms with Crippen LogP contribution >= 0.6 is 12.4 Å². The third-order valence-electron chi connectivity index (χ3n) is 4.82. The predicted octanol–water partition coefficient (Wildman–Crippen LogP) is 2.57. The number of halogens is 1. The van der Waals surface area contributed by atoms with Crippen LogP contribution in [-0.2, 0) is 16.0 Å². The summed E-state index contributed by atoms with van der Waals surface area (Å²) in [7, 11) is 0. The van der Waals surface area contributed by atoms with Gasteiger partial charge in [-0.2, -0.15) is 0 Å². The van der Waals surface area contributed by atoms with Crippen molar-refractivity contribution in [2.45, 2.75) is 32.2 Å². The van der Waals surface area contributed by atoms with Gasteiger partial charge < -0.3 is 15.0 Å². The number of benzene rings is 1. The summed E-state index contributed by atoms with van der Waals surface area (Å²) in [6, 6.07) is 8.87. The molecule has 0 spiro atoms. The average molecular weight is 339 g/mol. The Morgan fingerprint density at radius 2 is 2.13 bits per heavy atom. The molecule has 0 aliphatic carbocycles. The Labute approximate surface area is 145 Å². The number of hydrogen-bond acceptors (Lipinski definition) is 3. The molecule has 0 bridgehead atoms. The van der Waals surface area contributed by atoms with Crippen molar-refractivity contribution in [3.8, 4) is 0 Å². The fourth-order valence-electron chi connectivity index (χ4n) is 3.38.